The van der Waals surface area contributed by atoms with Crippen LogP contribution < -0.4 is 10.1 Å². The van der Waals surface area contributed by atoms with Gasteiger partial charge in [-0.25, -0.2) is 14.4 Å². The Morgan fingerprint density at radius 2 is 1.65 bits per heavy atom. The number of hydrogen-bond donors (Lipinski definition) is 2. The number of carbonyl (C=O) groups is 3. The van der Waals surface area contributed by atoms with E-state index in [0.717, 1.165) is 49.2 Å². The number of benzene rings is 1. The maximum Gasteiger partial charge on any atom is 0.509 e. The van der Waals surface area contributed by atoms with Gasteiger partial charge >= 0.3 is 18.3 Å². The van der Waals surface area contributed by atoms with Gasteiger partial charge < -0.3 is 34.3 Å². The van der Waals surface area contributed by atoms with Crippen molar-refractivity contribution in [3.8, 4) is 5.75 Å². The minimum Gasteiger partial charge on any atom is -0.497 e. The van der Waals surface area contributed by atoms with E-state index >= 15 is 0 Å². The van der Waals surface area contributed by atoms with E-state index in [1.165, 1.54) is 0 Å². The quantitative estimate of drug-likeness (QED) is 0.302. The lowest BCUT2D eigenvalue weighted by molar-refractivity contribution is -0.0518. The number of likely N-dealkylation sites (tertiary alicyclic amines) is 1. The van der Waals surface area contributed by atoms with E-state index in [-0.39, 0.29) is 13.0 Å². The Morgan fingerprint density at radius 1 is 1.02 bits per heavy atom. The van der Waals surface area contributed by atoms with E-state index in [9.17, 15) is 19.5 Å². The molecule has 40 heavy (non-hydrogen) atoms. The molecule has 0 radical (unpaired) electrons. The fourth-order valence-electron chi connectivity index (χ4n) is 4.54. The molecule has 2 N–H and O–H groups in total. The van der Waals surface area contributed by atoms with Crippen LogP contribution in [0.5, 0.6) is 5.75 Å². The Kier molecular flexibility index (Phi) is 13.3. The molecule has 0 spiro atoms. The van der Waals surface area contributed by atoms with Crippen molar-refractivity contribution in [2.24, 2.45) is 0 Å². The molecule has 1 fully saturated rings. The highest BCUT2D eigenvalue weighted by molar-refractivity contribution is 5.69. The van der Waals surface area contributed by atoms with Crippen LogP contribution in [0, 0.1) is 0 Å². The molecular weight excluding hydrogens is 518 g/mol. The van der Waals surface area contributed by atoms with E-state index in [0.29, 0.717) is 18.8 Å². The van der Waals surface area contributed by atoms with E-state index in [1.54, 1.807) is 40.0 Å². The van der Waals surface area contributed by atoms with Gasteiger partial charge in [0.1, 0.15) is 11.4 Å². The van der Waals surface area contributed by atoms with Crippen molar-refractivity contribution < 1.29 is 38.4 Å². The molecule has 1 aromatic carbocycles. The van der Waals surface area contributed by atoms with Crippen LogP contribution in [0.2, 0.25) is 0 Å². The molecule has 226 valence electrons. The summed E-state index contributed by atoms with van der Waals surface area (Å²) in [7, 11) is 1.56. The van der Waals surface area contributed by atoms with E-state index in [2.05, 4.69) is 24.1 Å². The predicted octanol–water partition coefficient (Wildman–Crippen LogP) is 4.92. The molecule has 2 amide bonds. The third-order valence-electron chi connectivity index (χ3n) is 6.61. The van der Waals surface area contributed by atoms with Gasteiger partial charge in [0.2, 0.25) is 0 Å². The van der Waals surface area contributed by atoms with Crippen LogP contribution >= 0.6 is 0 Å². The molecule has 11 nitrogen and oxygen atoms in total. The van der Waals surface area contributed by atoms with Gasteiger partial charge in [0.15, 0.2) is 12.2 Å². The molecule has 0 unspecified atom stereocenters. The molecule has 3 atom stereocenters. The molecule has 0 saturated carbocycles. The Balaban J connectivity index is 2.17. The van der Waals surface area contributed by atoms with E-state index in [1.807, 2.05) is 12.1 Å². The van der Waals surface area contributed by atoms with Crippen LogP contribution in [0.4, 0.5) is 14.4 Å². The number of ether oxygens (including phenoxy) is 4. The van der Waals surface area contributed by atoms with Crippen molar-refractivity contribution in [3.63, 3.8) is 0 Å². The van der Waals surface area contributed by atoms with Crippen LogP contribution in [0.3, 0.4) is 0 Å². The number of unbranched alkanes of at least 4 members (excludes halogenated alkanes) is 2. The predicted molar refractivity (Wildman–Crippen MR) is 151 cm³/mol. The van der Waals surface area contributed by atoms with Gasteiger partial charge in [0.25, 0.3) is 0 Å². The first kappa shape index (κ1) is 33.0. The largest absolute Gasteiger partial charge is 0.509 e. The molecular formula is C29H47N3O8. The summed E-state index contributed by atoms with van der Waals surface area (Å²) in [6.07, 6.45) is -0.341. The number of carbonyl (C=O) groups excluding carboxylic acids is 2. The highest BCUT2D eigenvalue weighted by Crippen LogP contribution is 2.29. The summed E-state index contributed by atoms with van der Waals surface area (Å²) in [5.74, 6) is 0.662. The van der Waals surface area contributed by atoms with Crippen molar-refractivity contribution in [1.82, 2.24) is 15.1 Å². The molecule has 1 saturated heterocycles. The number of hydrogen-bond acceptors (Lipinski definition) is 8. The molecule has 11 heteroatoms. The van der Waals surface area contributed by atoms with Crippen LogP contribution in [-0.2, 0) is 20.6 Å². The summed E-state index contributed by atoms with van der Waals surface area (Å²) in [6.45, 7) is 12.2. The Bertz CT molecular complexity index is 926. The number of methoxy groups -OCH3 is 1. The maximum absolute atomic E-state index is 12.9. The molecule has 1 heterocycles. The number of nitrogens with zero attached hydrogens (tertiary/aromatic N) is 2. The first-order valence-corrected chi connectivity index (χ1v) is 14.2. The summed E-state index contributed by atoms with van der Waals surface area (Å²) in [5, 5.41) is 12.7. The average molecular weight is 566 g/mol. The Hall–Kier alpha value is -3.21. The fraction of sp³-hybridized carbons (Fsp3) is 0.690. The third kappa shape index (κ3) is 11.1. The number of alkyl carbamates (subject to hydrolysis) is 1. The van der Waals surface area contributed by atoms with E-state index in [4.69, 9.17) is 18.9 Å². The van der Waals surface area contributed by atoms with Crippen molar-refractivity contribution >= 4 is 18.3 Å². The van der Waals surface area contributed by atoms with Crippen LogP contribution in [0.25, 0.3) is 0 Å². The third-order valence-corrected chi connectivity index (χ3v) is 6.61. The lowest BCUT2D eigenvalue weighted by Crippen LogP contribution is -2.45. The summed E-state index contributed by atoms with van der Waals surface area (Å²) in [5.41, 5.74) is 0.00581. The zero-order valence-corrected chi connectivity index (χ0v) is 24.8. The van der Waals surface area contributed by atoms with Gasteiger partial charge in [-0.15, -0.1) is 0 Å². The molecule has 1 aliphatic rings. The zero-order chi connectivity index (χ0) is 29.7. The van der Waals surface area contributed by atoms with Crippen molar-refractivity contribution in [1.29, 1.82) is 0 Å². The number of carboxylic acid groups (broad SMARTS) is 1. The Labute approximate surface area is 238 Å². The molecule has 2 rings (SSSR count). The highest BCUT2D eigenvalue weighted by atomic mass is 16.7. The lowest BCUT2D eigenvalue weighted by atomic mass is 10.0. The monoisotopic (exact) mass is 565 g/mol. The summed E-state index contributed by atoms with van der Waals surface area (Å²) < 4.78 is 21.8. The van der Waals surface area contributed by atoms with Crippen molar-refractivity contribution in [2.75, 3.05) is 39.8 Å². The van der Waals surface area contributed by atoms with Crippen molar-refractivity contribution in [3.05, 3.63) is 29.8 Å². The maximum atomic E-state index is 12.9. The number of amides is 2. The normalized spacial score (nSPS) is 18.9. The standard InChI is InChI=1S/C29H47N3O8/c1-7-9-16-31(17-10-8-2)18-15-30-26(33)39-25-23(19-21-11-13-22(37-6)14-12-21)32(27(34)35)20-24(25)38-28(36)40-29(3,4)5/h11-14,23-25H,7-10,15-20H2,1-6H3,(H,30,33)(H,34,35)/t23-,24+,25+/m1/s1. The minimum atomic E-state index is -1.20. The lowest BCUT2D eigenvalue weighted by Gasteiger charge is -2.27. The highest BCUT2D eigenvalue weighted by Gasteiger charge is 2.49. The molecule has 0 aromatic heterocycles. The van der Waals surface area contributed by atoms with Gasteiger partial charge in [0.05, 0.1) is 19.7 Å². The zero-order valence-electron chi connectivity index (χ0n) is 24.8. The average Bonchev–Trinajstić information content (AvgIpc) is 3.20. The summed E-state index contributed by atoms with van der Waals surface area (Å²) in [4.78, 5) is 41.1. The first-order valence-electron chi connectivity index (χ1n) is 14.2. The van der Waals surface area contributed by atoms with Gasteiger partial charge in [-0.3, -0.25) is 4.90 Å². The van der Waals surface area contributed by atoms with Gasteiger partial charge in [-0.05, 0) is 70.8 Å². The summed E-state index contributed by atoms with van der Waals surface area (Å²) >= 11 is 0. The van der Waals surface area contributed by atoms with Crippen LogP contribution in [-0.4, -0.2) is 96.9 Å². The molecule has 1 aliphatic heterocycles. The van der Waals surface area contributed by atoms with Crippen molar-refractivity contribution in [2.45, 2.75) is 90.6 Å². The number of rotatable bonds is 14. The minimum absolute atomic E-state index is 0.158. The van der Waals surface area contributed by atoms with Gasteiger partial charge in [0, 0.05) is 13.1 Å². The Morgan fingerprint density at radius 3 is 2.17 bits per heavy atom. The van der Waals surface area contributed by atoms with Crippen LogP contribution in [0.1, 0.15) is 65.9 Å². The van der Waals surface area contributed by atoms with Gasteiger partial charge in [-0.1, -0.05) is 38.8 Å². The molecule has 1 aromatic rings. The first-order chi connectivity index (χ1) is 19.0. The second kappa shape index (κ2) is 16.2. The van der Waals surface area contributed by atoms with E-state index < -0.39 is 42.2 Å². The second-order valence-corrected chi connectivity index (χ2v) is 11.0. The second-order valence-electron chi connectivity index (χ2n) is 11.0. The number of nitrogens with one attached hydrogen (secondary N) is 1. The topological polar surface area (TPSA) is 127 Å². The smallest absolute Gasteiger partial charge is 0.497 e. The SMILES string of the molecule is CCCCN(CCCC)CCNC(=O)O[C@@H]1[C@@H](OC(=O)OC(C)(C)C)CN(C(=O)O)[C@@H]1Cc1ccc(OC)cc1. The fourth-order valence-corrected chi connectivity index (χ4v) is 4.54. The van der Waals surface area contributed by atoms with Crippen LogP contribution in [0.15, 0.2) is 24.3 Å². The summed E-state index contributed by atoms with van der Waals surface area (Å²) in [6, 6.07) is 6.40. The molecule has 0 aliphatic carbocycles. The molecule has 0 bridgehead atoms. The van der Waals surface area contributed by atoms with Gasteiger partial charge in [-0.2, -0.15) is 0 Å².